The molecule has 2 rings (SSSR count). The van der Waals surface area contributed by atoms with Crippen molar-refractivity contribution in [3.63, 3.8) is 0 Å². The van der Waals surface area contributed by atoms with E-state index in [0.29, 0.717) is 22.7 Å². The van der Waals surface area contributed by atoms with Gasteiger partial charge in [-0.1, -0.05) is 0 Å². The summed E-state index contributed by atoms with van der Waals surface area (Å²) in [6.45, 7) is 3.78. The second-order valence-electron chi connectivity index (χ2n) is 4.51. The molecule has 0 radical (unpaired) electrons. The summed E-state index contributed by atoms with van der Waals surface area (Å²) in [7, 11) is 3.14. The van der Waals surface area contributed by atoms with E-state index >= 15 is 0 Å². The Morgan fingerprint density at radius 3 is 2.45 bits per heavy atom. The van der Waals surface area contributed by atoms with Gasteiger partial charge >= 0.3 is 0 Å². The summed E-state index contributed by atoms with van der Waals surface area (Å²) < 4.78 is 10.4. The van der Waals surface area contributed by atoms with Crippen LogP contribution in [0.3, 0.4) is 0 Å². The van der Waals surface area contributed by atoms with E-state index in [1.165, 1.54) is 0 Å². The molecule has 5 heteroatoms. The van der Waals surface area contributed by atoms with Crippen molar-refractivity contribution in [1.82, 2.24) is 4.98 Å². The molecule has 0 spiro atoms. The number of methoxy groups -OCH3 is 2. The van der Waals surface area contributed by atoms with Gasteiger partial charge in [-0.05, 0) is 32.0 Å². The number of H-pyrrole nitrogens is 1. The van der Waals surface area contributed by atoms with Gasteiger partial charge in [-0.15, -0.1) is 0 Å². The fraction of sp³-hybridized carbons (Fsp3) is 0.267. The largest absolute Gasteiger partial charge is 0.497 e. The van der Waals surface area contributed by atoms with Crippen LogP contribution in [0.15, 0.2) is 24.3 Å². The van der Waals surface area contributed by atoms with E-state index in [1.807, 2.05) is 19.9 Å². The summed E-state index contributed by atoms with van der Waals surface area (Å²) in [5.41, 5.74) is 2.98. The molecule has 2 aromatic rings. The number of ether oxygens (including phenoxy) is 2. The smallest absolute Gasteiger partial charge is 0.257 e. The van der Waals surface area contributed by atoms with E-state index in [2.05, 4.69) is 10.3 Å². The summed E-state index contributed by atoms with van der Waals surface area (Å²) >= 11 is 0. The fourth-order valence-corrected chi connectivity index (χ4v) is 2.06. The number of aromatic amines is 1. The van der Waals surface area contributed by atoms with Crippen LogP contribution < -0.4 is 14.8 Å². The molecule has 0 unspecified atom stereocenters. The molecule has 0 bridgehead atoms. The van der Waals surface area contributed by atoms with Crippen LogP contribution in [-0.4, -0.2) is 25.1 Å². The molecule has 20 heavy (non-hydrogen) atoms. The minimum atomic E-state index is -0.182. The van der Waals surface area contributed by atoms with Gasteiger partial charge in [-0.2, -0.15) is 0 Å². The van der Waals surface area contributed by atoms with Gasteiger partial charge in [0.15, 0.2) is 0 Å². The summed E-state index contributed by atoms with van der Waals surface area (Å²) in [5.74, 6) is 1.06. The quantitative estimate of drug-likeness (QED) is 0.901. The first-order valence-electron chi connectivity index (χ1n) is 6.24. The van der Waals surface area contributed by atoms with Crippen molar-refractivity contribution in [3.05, 3.63) is 41.2 Å². The van der Waals surface area contributed by atoms with Gasteiger partial charge in [-0.3, -0.25) is 4.79 Å². The van der Waals surface area contributed by atoms with Crippen LogP contribution in [-0.2, 0) is 0 Å². The first kappa shape index (κ1) is 14.0. The number of benzene rings is 1. The van der Waals surface area contributed by atoms with Crippen LogP contribution in [0.1, 0.15) is 21.7 Å². The summed E-state index contributed by atoms with van der Waals surface area (Å²) in [6, 6.07) is 7.08. The van der Waals surface area contributed by atoms with Crippen LogP contribution in [0, 0.1) is 13.8 Å². The predicted molar refractivity (Wildman–Crippen MR) is 77.8 cm³/mol. The molecular formula is C15H18N2O3. The minimum Gasteiger partial charge on any atom is -0.497 e. The summed E-state index contributed by atoms with van der Waals surface area (Å²) in [6.07, 6.45) is 0. The lowest BCUT2D eigenvalue weighted by Gasteiger charge is -2.11. The maximum absolute atomic E-state index is 12.3. The lowest BCUT2D eigenvalue weighted by molar-refractivity contribution is 0.102. The average Bonchev–Trinajstić information content (AvgIpc) is 2.77. The van der Waals surface area contributed by atoms with E-state index in [4.69, 9.17) is 9.47 Å². The molecule has 0 saturated carbocycles. The zero-order chi connectivity index (χ0) is 14.7. The van der Waals surface area contributed by atoms with Gasteiger partial charge in [0.05, 0.1) is 25.5 Å². The highest BCUT2D eigenvalue weighted by atomic mass is 16.5. The van der Waals surface area contributed by atoms with Gasteiger partial charge in [0.25, 0.3) is 5.91 Å². The molecule has 2 N–H and O–H groups in total. The molecule has 5 nitrogen and oxygen atoms in total. The van der Waals surface area contributed by atoms with E-state index in [9.17, 15) is 4.79 Å². The highest BCUT2D eigenvalue weighted by molar-refractivity contribution is 6.06. The average molecular weight is 274 g/mol. The third-order valence-corrected chi connectivity index (χ3v) is 3.05. The number of hydrogen-bond donors (Lipinski definition) is 2. The third-order valence-electron chi connectivity index (χ3n) is 3.05. The van der Waals surface area contributed by atoms with Gasteiger partial charge in [-0.25, -0.2) is 0 Å². The molecule has 1 aromatic carbocycles. The lowest BCUT2D eigenvalue weighted by atomic mass is 10.2. The number of carbonyl (C=O) groups excluding carboxylic acids is 1. The van der Waals surface area contributed by atoms with Crippen molar-refractivity contribution in [2.24, 2.45) is 0 Å². The Morgan fingerprint density at radius 1 is 1.15 bits per heavy atom. The highest BCUT2D eigenvalue weighted by Crippen LogP contribution is 2.29. The molecule has 0 aliphatic carbocycles. The molecule has 0 aliphatic heterocycles. The monoisotopic (exact) mass is 274 g/mol. The van der Waals surface area contributed by atoms with Gasteiger partial charge < -0.3 is 19.8 Å². The number of anilines is 1. The summed E-state index contributed by atoms with van der Waals surface area (Å²) in [4.78, 5) is 15.4. The zero-order valence-electron chi connectivity index (χ0n) is 12.0. The molecule has 1 heterocycles. The predicted octanol–water partition coefficient (Wildman–Crippen LogP) is 2.90. The first-order valence-corrected chi connectivity index (χ1v) is 6.24. The van der Waals surface area contributed by atoms with E-state index in [0.717, 1.165) is 11.4 Å². The van der Waals surface area contributed by atoms with Crippen LogP contribution in [0.2, 0.25) is 0 Å². The number of rotatable bonds is 4. The van der Waals surface area contributed by atoms with Crippen LogP contribution in [0.25, 0.3) is 0 Å². The Morgan fingerprint density at radius 2 is 1.90 bits per heavy atom. The Labute approximate surface area is 117 Å². The van der Waals surface area contributed by atoms with Crippen molar-refractivity contribution >= 4 is 11.6 Å². The molecule has 0 atom stereocenters. The molecule has 1 aromatic heterocycles. The van der Waals surface area contributed by atoms with Crippen LogP contribution in [0.4, 0.5) is 5.69 Å². The van der Waals surface area contributed by atoms with Crippen molar-refractivity contribution in [2.75, 3.05) is 19.5 Å². The van der Waals surface area contributed by atoms with E-state index in [1.54, 1.807) is 32.4 Å². The van der Waals surface area contributed by atoms with E-state index in [-0.39, 0.29) is 5.91 Å². The number of carbonyl (C=O) groups is 1. The zero-order valence-corrected chi connectivity index (χ0v) is 12.0. The molecule has 0 fully saturated rings. The normalized spacial score (nSPS) is 10.2. The number of hydrogen-bond acceptors (Lipinski definition) is 3. The van der Waals surface area contributed by atoms with Crippen LogP contribution >= 0.6 is 0 Å². The van der Waals surface area contributed by atoms with Crippen molar-refractivity contribution in [3.8, 4) is 11.5 Å². The first-order chi connectivity index (χ1) is 9.55. The van der Waals surface area contributed by atoms with Crippen molar-refractivity contribution in [2.45, 2.75) is 13.8 Å². The van der Waals surface area contributed by atoms with Crippen LogP contribution in [0.5, 0.6) is 11.5 Å². The molecule has 106 valence electrons. The second kappa shape index (κ2) is 5.69. The van der Waals surface area contributed by atoms with Crippen molar-refractivity contribution in [1.29, 1.82) is 0 Å². The summed E-state index contributed by atoms with van der Waals surface area (Å²) in [5, 5.41) is 2.84. The number of aryl methyl sites for hydroxylation is 2. The van der Waals surface area contributed by atoms with Gasteiger partial charge in [0, 0.05) is 17.5 Å². The Bertz CT molecular complexity index is 632. The number of amides is 1. The SMILES string of the molecule is COc1ccc(OC)c(NC(=O)c2cc(C)[nH]c2C)c1. The lowest BCUT2D eigenvalue weighted by Crippen LogP contribution is -2.13. The van der Waals surface area contributed by atoms with Crippen molar-refractivity contribution < 1.29 is 14.3 Å². The topological polar surface area (TPSA) is 63.4 Å². The number of nitrogens with one attached hydrogen (secondary N) is 2. The molecule has 0 saturated heterocycles. The standard InChI is InChI=1S/C15H18N2O3/c1-9-7-12(10(2)16-9)15(18)17-13-8-11(19-3)5-6-14(13)20-4/h5-8,16H,1-4H3,(H,17,18). The molecular weight excluding hydrogens is 256 g/mol. The molecule has 1 amide bonds. The fourth-order valence-electron chi connectivity index (χ4n) is 2.06. The Hall–Kier alpha value is -2.43. The number of aromatic nitrogens is 1. The minimum absolute atomic E-state index is 0.182. The second-order valence-corrected chi connectivity index (χ2v) is 4.51. The van der Waals surface area contributed by atoms with E-state index < -0.39 is 0 Å². The Balaban J connectivity index is 2.29. The Kier molecular flexibility index (Phi) is 3.98. The third kappa shape index (κ3) is 2.77. The maximum atomic E-state index is 12.3. The maximum Gasteiger partial charge on any atom is 0.257 e. The molecule has 0 aliphatic rings. The highest BCUT2D eigenvalue weighted by Gasteiger charge is 2.14. The van der Waals surface area contributed by atoms with Gasteiger partial charge in [0.1, 0.15) is 11.5 Å². The van der Waals surface area contributed by atoms with Gasteiger partial charge in [0.2, 0.25) is 0 Å².